The fraction of sp³-hybridized carbons (Fsp3) is 0.150. The van der Waals surface area contributed by atoms with Crippen LogP contribution < -0.4 is 10.1 Å². The van der Waals surface area contributed by atoms with Crippen LogP contribution in [0.25, 0.3) is 0 Å². The number of rotatable bonds is 7. The molecule has 0 aliphatic heterocycles. The number of halogens is 1. The van der Waals surface area contributed by atoms with E-state index in [1.807, 2.05) is 0 Å². The van der Waals surface area contributed by atoms with Crippen molar-refractivity contribution in [2.75, 3.05) is 5.32 Å². The van der Waals surface area contributed by atoms with Crippen LogP contribution in [0.1, 0.15) is 28.0 Å². The van der Waals surface area contributed by atoms with Crippen LogP contribution in [0, 0.1) is 5.82 Å². The van der Waals surface area contributed by atoms with E-state index >= 15 is 0 Å². The standard InChI is InChI=1S/C20H17FN2O4S/c1-13(24)22-16-6-2-14(3-7-16)20(25)27-10-17-12-28-19(23-17)11-26-18-8-4-15(21)5-9-18/h2-9,12H,10-11H2,1H3,(H,22,24). The van der Waals surface area contributed by atoms with E-state index in [1.165, 1.54) is 30.4 Å². The van der Waals surface area contributed by atoms with Crippen LogP contribution in [-0.2, 0) is 22.7 Å². The number of amides is 1. The molecule has 0 atom stereocenters. The minimum atomic E-state index is -0.480. The van der Waals surface area contributed by atoms with Gasteiger partial charge in [0.15, 0.2) is 0 Å². The number of hydrogen-bond acceptors (Lipinski definition) is 6. The molecular formula is C20H17FN2O4S. The lowest BCUT2D eigenvalue weighted by Gasteiger charge is -2.05. The Bertz CT molecular complexity index is 955. The summed E-state index contributed by atoms with van der Waals surface area (Å²) in [7, 11) is 0. The number of nitrogens with zero attached hydrogens (tertiary/aromatic N) is 1. The van der Waals surface area contributed by atoms with E-state index in [-0.39, 0.29) is 24.9 Å². The number of aromatic nitrogens is 1. The Morgan fingerprint density at radius 1 is 1.07 bits per heavy atom. The first-order valence-electron chi connectivity index (χ1n) is 8.36. The predicted molar refractivity (Wildman–Crippen MR) is 103 cm³/mol. The van der Waals surface area contributed by atoms with Crippen LogP contribution in [-0.4, -0.2) is 16.9 Å². The van der Waals surface area contributed by atoms with Crippen molar-refractivity contribution < 1.29 is 23.5 Å². The third-order valence-corrected chi connectivity index (χ3v) is 4.44. The minimum Gasteiger partial charge on any atom is -0.486 e. The molecule has 144 valence electrons. The summed E-state index contributed by atoms with van der Waals surface area (Å²) >= 11 is 1.39. The van der Waals surface area contributed by atoms with Crippen LogP contribution in [0.5, 0.6) is 5.75 Å². The molecule has 0 fully saturated rings. The van der Waals surface area contributed by atoms with E-state index in [4.69, 9.17) is 9.47 Å². The summed E-state index contributed by atoms with van der Waals surface area (Å²) in [6.07, 6.45) is 0. The highest BCUT2D eigenvalue weighted by Gasteiger charge is 2.10. The summed E-state index contributed by atoms with van der Waals surface area (Å²) in [6.45, 7) is 1.70. The van der Waals surface area contributed by atoms with Crippen molar-refractivity contribution >= 4 is 28.9 Å². The van der Waals surface area contributed by atoms with Gasteiger partial charge in [-0.1, -0.05) is 0 Å². The van der Waals surface area contributed by atoms with Gasteiger partial charge in [-0.3, -0.25) is 4.79 Å². The third kappa shape index (κ3) is 5.62. The van der Waals surface area contributed by atoms with Crippen LogP contribution in [0.3, 0.4) is 0 Å². The lowest BCUT2D eigenvalue weighted by Crippen LogP contribution is -2.08. The molecule has 1 N–H and O–H groups in total. The smallest absolute Gasteiger partial charge is 0.338 e. The first-order valence-corrected chi connectivity index (χ1v) is 9.24. The van der Waals surface area contributed by atoms with Crippen molar-refractivity contribution in [3.8, 4) is 5.75 Å². The Morgan fingerprint density at radius 3 is 2.46 bits per heavy atom. The second-order valence-electron chi connectivity index (χ2n) is 5.81. The Kier molecular flexibility index (Phi) is 6.33. The maximum absolute atomic E-state index is 12.9. The average molecular weight is 400 g/mol. The number of benzene rings is 2. The van der Waals surface area contributed by atoms with E-state index in [1.54, 1.807) is 41.8 Å². The molecule has 0 bridgehead atoms. The highest BCUT2D eigenvalue weighted by Crippen LogP contribution is 2.17. The second kappa shape index (κ2) is 9.09. The summed E-state index contributed by atoms with van der Waals surface area (Å²) in [5.41, 5.74) is 1.60. The monoisotopic (exact) mass is 400 g/mol. The molecule has 28 heavy (non-hydrogen) atoms. The topological polar surface area (TPSA) is 77.5 Å². The zero-order valence-electron chi connectivity index (χ0n) is 15.0. The fourth-order valence-corrected chi connectivity index (χ4v) is 2.96. The molecule has 1 heterocycles. The van der Waals surface area contributed by atoms with Gasteiger partial charge in [-0.25, -0.2) is 14.2 Å². The van der Waals surface area contributed by atoms with Gasteiger partial charge in [0.25, 0.3) is 0 Å². The van der Waals surface area contributed by atoms with E-state index in [9.17, 15) is 14.0 Å². The SMILES string of the molecule is CC(=O)Nc1ccc(C(=O)OCc2csc(COc3ccc(F)cc3)n2)cc1. The fourth-order valence-electron chi connectivity index (χ4n) is 2.27. The highest BCUT2D eigenvalue weighted by molar-refractivity contribution is 7.09. The Hall–Kier alpha value is -3.26. The summed E-state index contributed by atoms with van der Waals surface area (Å²) in [4.78, 5) is 27.5. The molecule has 3 rings (SSSR count). The molecule has 1 amide bonds. The van der Waals surface area contributed by atoms with Crippen LogP contribution in [0.2, 0.25) is 0 Å². The largest absolute Gasteiger partial charge is 0.486 e. The Morgan fingerprint density at radius 2 is 1.79 bits per heavy atom. The molecule has 3 aromatic rings. The Balaban J connectivity index is 1.48. The number of carbonyl (C=O) groups is 2. The van der Waals surface area contributed by atoms with Crippen LogP contribution in [0.4, 0.5) is 10.1 Å². The second-order valence-corrected chi connectivity index (χ2v) is 6.75. The van der Waals surface area contributed by atoms with Gasteiger partial charge in [-0.05, 0) is 48.5 Å². The van der Waals surface area contributed by atoms with Crippen LogP contribution >= 0.6 is 11.3 Å². The average Bonchev–Trinajstić information content (AvgIpc) is 3.14. The summed E-state index contributed by atoms with van der Waals surface area (Å²) in [5, 5.41) is 5.13. The molecule has 0 unspecified atom stereocenters. The molecule has 2 aromatic carbocycles. The number of ether oxygens (including phenoxy) is 2. The van der Waals surface area contributed by atoms with Gasteiger partial charge in [0.1, 0.15) is 29.8 Å². The maximum Gasteiger partial charge on any atom is 0.338 e. The van der Waals surface area contributed by atoms with Crippen molar-refractivity contribution in [1.82, 2.24) is 4.98 Å². The van der Waals surface area contributed by atoms with Gasteiger partial charge < -0.3 is 14.8 Å². The number of nitrogens with one attached hydrogen (secondary N) is 1. The lowest BCUT2D eigenvalue weighted by atomic mass is 10.2. The number of esters is 1. The van der Waals surface area contributed by atoms with Gasteiger partial charge in [-0.15, -0.1) is 11.3 Å². The highest BCUT2D eigenvalue weighted by atomic mass is 32.1. The summed E-state index contributed by atoms with van der Waals surface area (Å²) < 4.78 is 23.7. The number of thiazole rings is 1. The van der Waals surface area contributed by atoms with Crippen molar-refractivity contribution in [3.05, 3.63) is 76.0 Å². The van der Waals surface area contributed by atoms with E-state index in [2.05, 4.69) is 10.3 Å². The zero-order valence-corrected chi connectivity index (χ0v) is 15.8. The zero-order chi connectivity index (χ0) is 19.9. The number of hydrogen-bond donors (Lipinski definition) is 1. The molecular weight excluding hydrogens is 383 g/mol. The van der Waals surface area contributed by atoms with E-state index in [0.29, 0.717) is 22.7 Å². The first kappa shape index (κ1) is 19.5. The number of anilines is 1. The van der Waals surface area contributed by atoms with Gasteiger partial charge in [0.05, 0.1) is 11.3 Å². The van der Waals surface area contributed by atoms with Crippen LogP contribution in [0.15, 0.2) is 53.9 Å². The minimum absolute atomic E-state index is 0.0410. The molecule has 8 heteroatoms. The summed E-state index contributed by atoms with van der Waals surface area (Å²) in [6, 6.07) is 12.2. The molecule has 0 radical (unpaired) electrons. The molecule has 0 aliphatic carbocycles. The molecule has 1 aromatic heterocycles. The molecule has 0 saturated carbocycles. The third-order valence-electron chi connectivity index (χ3n) is 3.57. The maximum atomic E-state index is 12.9. The van der Waals surface area contributed by atoms with Crippen molar-refractivity contribution in [1.29, 1.82) is 0 Å². The molecule has 0 saturated heterocycles. The first-order chi connectivity index (χ1) is 13.5. The summed E-state index contributed by atoms with van der Waals surface area (Å²) in [5.74, 6) is -0.438. The van der Waals surface area contributed by atoms with Gasteiger partial charge in [0.2, 0.25) is 5.91 Å². The number of carbonyl (C=O) groups excluding carboxylic acids is 2. The lowest BCUT2D eigenvalue weighted by molar-refractivity contribution is -0.114. The van der Waals surface area contributed by atoms with Gasteiger partial charge in [0, 0.05) is 18.0 Å². The normalized spacial score (nSPS) is 10.4. The predicted octanol–water partition coefficient (Wildman–Crippen LogP) is 4.18. The molecule has 0 aliphatic rings. The van der Waals surface area contributed by atoms with Gasteiger partial charge >= 0.3 is 5.97 Å². The van der Waals surface area contributed by atoms with E-state index < -0.39 is 5.97 Å². The molecule has 6 nitrogen and oxygen atoms in total. The van der Waals surface area contributed by atoms with Crippen molar-refractivity contribution in [3.63, 3.8) is 0 Å². The van der Waals surface area contributed by atoms with Crippen molar-refractivity contribution in [2.24, 2.45) is 0 Å². The van der Waals surface area contributed by atoms with Crippen molar-refractivity contribution in [2.45, 2.75) is 20.1 Å². The van der Waals surface area contributed by atoms with E-state index in [0.717, 1.165) is 5.01 Å². The quantitative estimate of drug-likeness (QED) is 0.602. The Labute approximate surface area is 164 Å². The molecule has 0 spiro atoms. The van der Waals surface area contributed by atoms with Gasteiger partial charge in [-0.2, -0.15) is 0 Å².